The molecular weight excluding hydrogens is 300 g/mol. The lowest BCUT2D eigenvalue weighted by molar-refractivity contribution is 0.102. The molecule has 0 bridgehead atoms. The van der Waals surface area contributed by atoms with Crippen LogP contribution in [-0.2, 0) is 6.42 Å². The standard InChI is InChI=1S/C20H18N2O2/c23-20(17-7-4-13-21-15-17)22-18-8-10-19(11-9-18)24-14-12-16-5-2-1-3-6-16/h1-11,13,15H,12,14H2,(H,22,23). The summed E-state index contributed by atoms with van der Waals surface area (Å²) in [7, 11) is 0. The van der Waals surface area contributed by atoms with E-state index in [2.05, 4.69) is 22.4 Å². The van der Waals surface area contributed by atoms with Gasteiger partial charge in [0, 0.05) is 24.5 Å². The molecule has 1 amide bonds. The molecule has 1 heterocycles. The van der Waals surface area contributed by atoms with Gasteiger partial charge in [-0.2, -0.15) is 0 Å². The van der Waals surface area contributed by atoms with Gasteiger partial charge < -0.3 is 10.1 Å². The normalized spacial score (nSPS) is 10.2. The number of nitrogens with one attached hydrogen (secondary N) is 1. The Bertz CT molecular complexity index is 772. The topological polar surface area (TPSA) is 51.2 Å². The number of nitrogens with zero attached hydrogens (tertiary/aromatic N) is 1. The van der Waals surface area contributed by atoms with Crippen molar-refractivity contribution in [2.45, 2.75) is 6.42 Å². The maximum atomic E-state index is 12.0. The van der Waals surface area contributed by atoms with E-state index in [1.165, 1.54) is 11.8 Å². The number of hydrogen-bond donors (Lipinski definition) is 1. The molecule has 24 heavy (non-hydrogen) atoms. The predicted octanol–water partition coefficient (Wildman–Crippen LogP) is 3.96. The Labute approximate surface area is 141 Å². The van der Waals surface area contributed by atoms with Crippen LogP contribution >= 0.6 is 0 Å². The quantitative estimate of drug-likeness (QED) is 0.748. The minimum absolute atomic E-state index is 0.180. The summed E-state index contributed by atoms with van der Waals surface area (Å²) in [6, 6.07) is 21.0. The SMILES string of the molecule is O=C(Nc1ccc(OCCc2ccccc2)cc1)c1cccnc1. The van der Waals surface area contributed by atoms with Gasteiger partial charge in [-0.15, -0.1) is 0 Å². The van der Waals surface area contributed by atoms with Crippen LogP contribution in [0.1, 0.15) is 15.9 Å². The maximum absolute atomic E-state index is 12.0. The van der Waals surface area contributed by atoms with Crippen LogP contribution in [-0.4, -0.2) is 17.5 Å². The van der Waals surface area contributed by atoms with Gasteiger partial charge >= 0.3 is 0 Å². The number of aromatic nitrogens is 1. The van der Waals surface area contributed by atoms with Crippen LogP contribution in [0.25, 0.3) is 0 Å². The Morgan fingerprint density at radius 3 is 2.46 bits per heavy atom. The molecule has 0 fully saturated rings. The van der Waals surface area contributed by atoms with Crippen molar-refractivity contribution in [1.82, 2.24) is 4.98 Å². The van der Waals surface area contributed by atoms with Crippen molar-refractivity contribution in [3.8, 4) is 5.75 Å². The van der Waals surface area contributed by atoms with E-state index >= 15 is 0 Å². The second-order valence-corrected chi connectivity index (χ2v) is 5.30. The van der Waals surface area contributed by atoms with Crippen molar-refractivity contribution in [2.24, 2.45) is 0 Å². The first-order chi connectivity index (χ1) is 11.8. The van der Waals surface area contributed by atoms with Crippen molar-refractivity contribution in [3.63, 3.8) is 0 Å². The number of carbonyl (C=O) groups is 1. The molecule has 3 aromatic rings. The lowest BCUT2D eigenvalue weighted by Crippen LogP contribution is -2.11. The molecule has 1 N–H and O–H groups in total. The molecule has 0 unspecified atom stereocenters. The average Bonchev–Trinajstić information content (AvgIpc) is 2.65. The molecule has 0 aliphatic rings. The highest BCUT2D eigenvalue weighted by molar-refractivity contribution is 6.04. The second-order valence-electron chi connectivity index (χ2n) is 5.30. The Morgan fingerprint density at radius 2 is 1.75 bits per heavy atom. The van der Waals surface area contributed by atoms with Crippen LogP contribution in [0, 0.1) is 0 Å². The third-order valence-electron chi connectivity index (χ3n) is 3.54. The maximum Gasteiger partial charge on any atom is 0.257 e. The molecule has 0 aliphatic carbocycles. The number of pyridine rings is 1. The largest absolute Gasteiger partial charge is 0.493 e. The van der Waals surface area contributed by atoms with Crippen molar-refractivity contribution < 1.29 is 9.53 Å². The van der Waals surface area contributed by atoms with Crippen LogP contribution in [0.5, 0.6) is 5.75 Å². The average molecular weight is 318 g/mol. The Hall–Kier alpha value is -3.14. The van der Waals surface area contributed by atoms with Gasteiger partial charge in [-0.05, 0) is 42.0 Å². The monoisotopic (exact) mass is 318 g/mol. The van der Waals surface area contributed by atoms with E-state index in [0.717, 1.165) is 17.9 Å². The van der Waals surface area contributed by atoms with Crippen LogP contribution < -0.4 is 10.1 Å². The highest BCUT2D eigenvalue weighted by Gasteiger charge is 2.05. The van der Waals surface area contributed by atoms with Gasteiger partial charge in [0.2, 0.25) is 0 Å². The molecule has 4 nitrogen and oxygen atoms in total. The number of benzene rings is 2. The van der Waals surface area contributed by atoms with Gasteiger partial charge in [0.05, 0.1) is 12.2 Å². The molecule has 120 valence electrons. The molecular formula is C20H18N2O2. The van der Waals surface area contributed by atoms with Crippen LogP contribution in [0.15, 0.2) is 79.1 Å². The molecule has 4 heteroatoms. The van der Waals surface area contributed by atoms with Gasteiger partial charge in [-0.3, -0.25) is 9.78 Å². The van der Waals surface area contributed by atoms with E-state index in [-0.39, 0.29) is 5.91 Å². The van der Waals surface area contributed by atoms with Crippen molar-refractivity contribution in [1.29, 1.82) is 0 Å². The highest BCUT2D eigenvalue weighted by Crippen LogP contribution is 2.16. The zero-order chi connectivity index (χ0) is 16.6. The highest BCUT2D eigenvalue weighted by atomic mass is 16.5. The lowest BCUT2D eigenvalue weighted by atomic mass is 10.2. The van der Waals surface area contributed by atoms with Crippen molar-refractivity contribution in [3.05, 3.63) is 90.3 Å². The first-order valence-electron chi connectivity index (χ1n) is 7.79. The van der Waals surface area contributed by atoms with E-state index in [1.54, 1.807) is 18.3 Å². The fourth-order valence-electron chi connectivity index (χ4n) is 2.27. The number of carbonyl (C=O) groups excluding carboxylic acids is 1. The van der Waals surface area contributed by atoms with Gasteiger partial charge in [-0.1, -0.05) is 30.3 Å². The summed E-state index contributed by atoms with van der Waals surface area (Å²) in [5, 5.41) is 2.83. The molecule has 2 aromatic carbocycles. The van der Waals surface area contributed by atoms with Gasteiger partial charge in [0.15, 0.2) is 0 Å². The molecule has 1 aromatic heterocycles. The Morgan fingerprint density at radius 1 is 0.958 bits per heavy atom. The molecule has 0 spiro atoms. The first kappa shape index (κ1) is 15.7. The van der Waals surface area contributed by atoms with E-state index in [4.69, 9.17) is 4.74 Å². The first-order valence-corrected chi connectivity index (χ1v) is 7.79. The number of rotatable bonds is 6. The van der Waals surface area contributed by atoms with Crippen molar-refractivity contribution >= 4 is 11.6 Å². The number of amides is 1. The van der Waals surface area contributed by atoms with Gasteiger partial charge in [0.1, 0.15) is 5.75 Å². The molecule has 0 radical (unpaired) electrons. The molecule has 0 saturated carbocycles. The summed E-state index contributed by atoms with van der Waals surface area (Å²) in [5.74, 6) is 0.603. The van der Waals surface area contributed by atoms with E-state index in [1.807, 2.05) is 42.5 Å². The minimum atomic E-state index is -0.180. The molecule has 0 atom stereocenters. The zero-order valence-corrected chi connectivity index (χ0v) is 13.2. The predicted molar refractivity (Wildman–Crippen MR) is 94.3 cm³/mol. The third kappa shape index (κ3) is 4.43. The summed E-state index contributed by atoms with van der Waals surface area (Å²) >= 11 is 0. The third-order valence-corrected chi connectivity index (χ3v) is 3.54. The fourth-order valence-corrected chi connectivity index (χ4v) is 2.27. The van der Waals surface area contributed by atoms with Gasteiger partial charge in [0.25, 0.3) is 5.91 Å². The number of hydrogen-bond acceptors (Lipinski definition) is 3. The number of anilines is 1. The summed E-state index contributed by atoms with van der Waals surface area (Å²) in [4.78, 5) is 16.0. The summed E-state index contributed by atoms with van der Waals surface area (Å²) in [6.07, 6.45) is 4.04. The fraction of sp³-hybridized carbons (Fsp3) is 0.100. The van der Waals surface area contributed by atoms with E-state index < -0.39 is 0 Å². The second kappa shape index (κ2) is 7.92. The summed E-state index contributed by atoms with van der Waals surface area (Å²) < 4.78 is 5.73. The van der Waals surface area contributed by atoms with Gasteiger partial charge in [-0.25, -0.2) is 0 Å². The Kier molecular flexibility index (Phi) is 5.20. The summed E-state index contributed by atoms with van der Waals surface area (Å²) in [5.41, 5.74) is 2.50. The van der Waals surface area contributed by atoms with Crippen LogP contribution in [0.3, 0.4) is 0 Å². The molecule has 0 saturated heterocycles. The Balaban J connectivity index is 1.51. The zero-order valence-electron chi connectivity index (χ0n) is 13.2. The molecule has 0 aliphatic heterocycles. The van der Waals surface area contributed by atoms with Crippen LogP contribution in [0.4, 0.5) is 5.69 Å². The van der Waals surface area contributed by atoms with E-state index in [0.29, 0.717) is 12.2 Å². The van der Waals surface area contributed by atoms with E-state index in [9.17, 15) is 4.79 Å². The molecule has 3 rings (SSSR count). The lowest BCUT2D eigenvalue weighted by Gasteiger charge is -2.08. The van der Waals surface area contributed by atoms with Crippen molar-refractivity contribution in [2.75, 3.05) is 11.9 Å². The summed E-state index contributed by atoms with van der Waals surface area (Å²) in [6.45, 7) is 0.616. The smallest absolute Gasteiger partial charge is 0.257 e. The number of ether oxygens (including phenoxy) is 1. The van der Waals surface area contributed by atoms with Crippen LogP contribution in [0.2, 0.25) is 0 Å². The minimum Gasteiger partial charge on any atom is -0.493 e.